The SMILES string of the molecule is Fc1ccc(SCCS)c(F)c1. The molecule has 0 nitrogen and oxygen atoms in total. The predicted molar refractivity (Wildman–Crippen MR) is 50.9 cm³/mol. The summed E-state index contributed by atoms with van der Waals surface area (Å²) in [6.45, 7) is 0. The van der Waals surface area contributed by atoms with Gasteiger partial charge in [-0.25, -0.2) is 8.78 Å². The summed E-state index contributed by atoms with van der Waals surface area (Å²) in [5, 5.41) is 0. The first-order chi connectivity index (χ1) is 5.74. The molecule has 0 aliphatic heterocycles. The van der Waals surface area contributed by atoms with Crippen molar-refractivity contribution in [3.8, 4) is 0 Å². The van der Waals surface area contributed by atoms with Gasteiger partial charge in [-0.05, 0) is 17.9 Å². The van der Waals surface area contributed by atoms with Crippen LogP contribution < -0.4 is 0 Å². The molecule has 0 unspecified atom stereocenters. The summed E-state index contributed by atoms with van der Waals surface area (Å²) in [7, 11) is 0. The summed E-state index contributed by atoms with van der Waals surface area (Å²) in [6, 6.07) is 3.59. The zero-order valence-corrected chi connectivity index (χ0v) is 7.97. The van der Waals surface area contributed by atoms with Crippen molar-refractivity contribution in [3.63, 3.8) is 0 Å². The van der Waals surface area contributed by atoms with E-state index in [1.165, 1.54) is 23.9 Å². The molecule has 1 aromatic carbocycles. The van der Waals surface area contributed by atoms with Gasteiger partial charge < -0.3 is 0 Å². The molecule has 0 N–H and O–H groups in total. The van der Waals surface area contributed by atoms with Gasteiger partial charge in [0, 0.05) is 16.7 Å². The molecule has 1 rings (SSSR count). The molecule has 1 aromatic rings. The van der Waals surface area contributed by atoms with E-state index in [0.717, 1.165) is 11.8 Å². The van der Waals surface area contributed by atoms with Gasteiger partial charge in [-0.3, -0.25) is 0 Å². The van der Waals surface area contributed by atoms with Crippen LogP contribution >= 0.6 is 24.4 Å². The van der Waals surface area contributed by atoms with E-state index in [-0.39, 0.29) is 0 Å². The van der Waals surface area contributed by atoms with E-state index in [1.54, 1.807) is 0 Å². The van der Waals surface area contributed by atoms with Crippen molar-refractivity contribution in [2.75, 3.05) is 11.5 Å². The molecule has 66 valence electrons. The molecule has 0 spiro atoms. The Kier molecular flexibility index (Phi) is 3.88. The second-order valence-corrected chi connectivity index (χ2v) is 3.73. The van der Waals surface area contributed by atoms with Crippen LogP contribution in [0.25, 0.3) is 0 Å². The Morgan fingerprint density at radius 3 is 2.67 bits per heavy atom. The smallest absolute Gasteiger partial charge is 0.139 e. The highest BCUT2D eigenvalue weighted by molar-refractivity contribution is 8.00. The third-order valence-electron chi connectivity index (χ3n) is 1.24. The fourth-order valence-electron chi connectivity index (χ4n) is 0.748. The molecule has 12 heavy (non-hydrogen) atoms. The van der Waals surface area contributed by atoms with Gasteiger partial charge >= 0.3 is 0 Å². The zero-order valence-electron chi connectivity index (χ0n) is 6.26. The molecule has 0 fully saturated rings. The van der Waals surface area contributed by atoms with Gasteiger partial charge in [-0.15, -0.1) is 11.8 Å². The van der Waals surface area contributed by atoms with E-state index < -0.39 is 11.6 Å². The van der Waals surface area contributed by atoms with Gasteiger partial charge in [0.25, 0.3) is 0 Å². The lowest BCUT2D eigenvalue weighted by molar-refractivity contribution is 0.566. The summed E-state index contributed by atoms with van der Waals surface area (Å²) >= 11 is 5.33. The Morgan fingerprint density at radius 1 is 1.33 bits per heavy atom. The van der Waals surface area contributed by atoms with Crippen LogP contribution in [0.3, 0.4) is 0 Å². The molecule has 0 aliphatic rings. The van der Waals surface area contributed by atoms with Crippen LogP contribution in [0, 0.1) is 11.6 Å². The third-order valence-corrected chi connectivity index (χ3v) is 2.82. The minimum absolute atomic E-state index is 0.477. The van der Waals surface area contributed by atoms with Crippen molar-refractivity contribution in [2.24, 2.45) is 0 Å². The van der Waals surface area contributed by atoms with E-state index in [0.29, 0.717) is 10.6 Å². The third kappa shape index (κ3) is 2.68. The van der Waals surface area contributed by atoms with Crippen molar-refractivity contribution in [2.45, 2.75) is 4.90 Å². The molecule has 0 bridgehead atoms. The van der Waals surface area contributed by atoms with Crippen molar-refractivity contribution in [3.05, 3.63) is 29.8 Å². The quantitative estimate of drug-likeness (QED) is 0.586. The number of halogens is 2. The number of hydrogen-bond donors (Lipinski definition) is 1. The molecule has 0 saturated heterocycles. The highest BCUT2D eigenvalue weighted by Crippen LogP contribution is 2.21. The van der Waals surface area contributed by atoms with E-state index in [9.17, 15) is 8.78 Å². The maximum absolute atomic E-state index is 12.9. The molecular weight excluding hydrogens is 198 g/mol. The number of thioether (sulfide) groups is 1. The molecule has 0 atom stereocenters. The lowest BCUT2D eigenvalue weighted by atomic mass is 10.3. The summed E-state index contributed by atoms with van der Waals surface area (Å²) in [6.07, 6.45) is 0. The van der Waals surface area contributed by atoms with Crippen molar-refractivity contribution in [1.29, 1.82) is 0 Å². The highest BCUT2D eigenvalue weighted by Gasteiger charge is 2.02. The van der Waals surface area contributed by atoms with Gasteiger partial charge in [0.15, 0.2) is 0 Å². The summed E-state index contributed by atoms with van der Waals surface area (Å²) in [5.74, 6) is 0.372. The largest absolute Gasteiger partial charge is 0.207 e. The number of rotatable bonds is 3. The molecule has 0 aromatic heterocycles. The van der Waals surface area contributed by atoms with Crippen LogP contribution in [0.2, 0.25) is 0 Å². The van der Waals surface area contributed by atoms with Crippen LogP contribution in [-0.4, -0.2) is 11.5 Å². The summed E-state index contributed by atoms with van der Waals surface area (Å²) in [5.41, 5.74) is 0. The van der Waals surface area contributed by atoms with Crippen LogP contribution in [0.15, 0.2) is 23.1 Å². The van der Waals surface area contributed by atoms with Crippen LogP contribution in [0.5, 0.6) is 0 Å². The lowest BCUT2D eigenvalue weighted by Gasteiger charge is -2.00. The van der Waals surface area contributed by atoms with E-state index in [4.69, 9.17) is 0 Å². The van der Waals surface area contributed by atoms with Crippen LogP contribution in [0.1, 0.15) is 0 Å². The maximum atomic E-state index is 12.9. The Balaban J connectivity index is 2.72. The molecular formula is C8H8F2S2. The zero-order chi connectivity index (χ0) is 8.97. The predicted octanol–water partition coefficient (Wildman–Crippen LogP) is 2.99. The first-order valence-corrected chi connectivity index (χ1v) is 5.04. The fraction of sp³-hybridized carbons (Fsp3) is 0.250. The monoisotopic (exact) mass is 206 g/mol. The average molecular weight is 206 g/mol. The second-order valence-electron chi connectivity index (χ2n) is 2.15. The van der Waals surface area contributed by atoms with Gasteiger partial charge in [-0.2, -0.15) is 12.6 Å². The summed E-state index contributed by atoms with van der Waals surface area (Å²) < 4.78 is 25.3. The Labute approximate surface area is 79.8 Å². The molecule has 4 heteroatoms. The van der Waals surface area contributed by atoms with Crippen LogP contribution in [-0.2, 0) is 0 Å². The number of thiol groups is 1. The molecule has 0 saturated carbocycles. The lowest BCUT2D eigenvalue weighted by Crippen LogP contribution is -1.85. The normalized spacial score (nSPS) is 10.2. The minimum atomic E-state index is -0.539. The van der Waals surface area contributed by atoms with Gasteiger partial charge in [0.05, 0.1) is 0 Å². The van der Waals surface area contributed by atoms with Gasteiger partial charge in [0.2, 0.25) is 0 Å². The molecule has 0 radical (unpaired) electrons. The van der Waals surface area contributed by atoms with Gasteiger partial charge in [-0.1, -0.05) is 0 Å². The molecule has 0 heterocycles. The van der Waals surface area contributed by atoms with Crippen molar-refractivity contribution >= 4 is 24.4 Å². The molecule has 0 aliphatic carbocycles. The summed E-state index contributed by atoms with van der Waals surface area (Å²) in [4.78, 5) is 0.477. The average Bonchev–Trinajstić information content (AvgIpc) is 2.03. The van der Waals surface area contributed by atoms with Gasteiger partial charge in [0.1, 0.15) is 11.6 Å². The Bertz CT molecular complexity index is 263. The van der Waals surface area contributed by atoms with Crippen molar-refractivity contribution in [1.82, 2.24) is 0 Å². The Morgan fingerprint density at radius 2 is 2.08 bits per heavy atom. The Hall–Kier alpha value is -0.220. The number of benzene rings is 1. The van der Waals surface area contributed by atoms with Crippen LogP contribution in [0.4, 0.5) is 8.78 Å². The molecule has 0 amide bonds. The first-order valence-electron chi connectivity index (χ1n) is 3.43. The fourth-order valence-corrected chi connectivity index (χ4v) is 1.69. The number of hydrogen-bond acceptors (Lipinski definition) is 2. The first kappa shape index (κ1) is 9.86. The minimum Gasteiger partial charge on any atom is -0.207 e. The topological polar surface area (TPSA) is 0 Å². The standard InChI is InChI=1S/C8H8F2S2/c9-6-1-2-8(7(10)5-6)12-4-3-11/h1-2,5,11H,3-4H2. The van der Waals surface area contributed by atoms with E-state index in [1.807, 2.05) is 0 Å². The van der Waals surface area contributed by atoms with E-state index in [2.05, 4.69) is 12.6 Å². The van der Waals surface area contributed by atoms with E-state index >= 15 is 0 Å². The second kappa shape index (κ2) is 4.72. The highest BCUT2D eigenvalue weighted by atomic mass is 32.2. The van der Waals surface area contributed by atoms with Crippen molar-refractivity contribution < 1.29 is 8.78 Å². The maximum Gasteiger partial charge on any atom is 0.139 e.